The Hall–Kier alpha value is -1.40. The number of carbonyl (C=O) groups is 1. The van der Waals surface area contributed by atoms with Gasteiger partial charge in [0.15, 0.2) is 0 Å². The van der Waals surface area contributed by atoms with Crippen LogP contribution in [-0.2, 0) is 27.7 Å². The van der Waals surface area contributed by atoms with Crippen LogP contribution >= 0.6 is 0 Å². The number of likely N-dealkylation sites (tertiary alicyclic amines) is 1. The van der Waals surface area contributed by atoms with Crippen LogP contribution in [-0.4, -0.2) is 38.9 Å². The Morgan fingerprint density at radius 1 is 1.16 bits per heavy atom. The summed E-state index contributed by atoms with van der Waals surface area (Å²) in [5, 5.41) is 0. The predicted molar refractivity (Wildman–Crippen MR) is 97.9 cm³/mol. The van der Waals surface area contributed by atoms with E-state index in [1.165, 1.54) is 12.0 Å². The number of nitrogens with one attached hydrogen (secondary N) is 1. The molecule has 0 atom stereocenters. The zero-order valence-corrected chi connectivity index (χ0v) is 15.8. The van der Waals surface area contributed by atoms with Gasteiger partial charge >= 0.3 is 0 Å². The molecular formula is C19H28N2O3S. The summed E-state index contributed by atoms with van der Waals surface area (Å²) in [6.07, 6.45) is 6.57. The third-order valence-corrected chi connectivity index (χ3v) is 6.86. The first-order valence-corrected chi connectivity index (χ1v) is 10.8. The lowest BCUT2D eigenvalue weighted by Crippen LogP contribution is -2.39. The summed E-state index contributed by atoms with van der Waals surface area (Å²) in [6, 6.07) is 5.41. The number of hydrogen-bond acceptors (Lipinski definition) is 3. The van der Waals surface area contributed by atoms with Gasteiger partial charge in [-0.1, -0.05) is 13.0 Å². The molecule has 1 aliphatic heterocycles. The van der Waals surface area contributed by atoms with Gasteiger partial charge in [-0.25, -0.2) is 13.1 Å². The summed E-state index contributed by atoms with van der Waals surface area (Å²) in [4.78, 5) is 14.4. The molecule has 0 saturated carbocycles. The van der Waals surface area contributed by atoms with Gasteiger partial charge in [0.05, 0.1) is 4.90 Å². The minimum absolute atomic E-state index is 0.0417. The maximum atomic E-state index is 12.5. The van der Waals surface area contributed by atoms with E-state index in [2.05, 4.69) is 11.6 Å². The van der Waals surface area contributed by atoms with Crippen molar-refractivity contribution in [3.05, 3.63) is 29.3 Å². The smallest absolute Gasteiger partial charge is 0.240 e. The molecule has 1 heterocycles. The molecule has 1 N–H and O–H groups in total. The molecule has 1 fully saturated rings. The fourth-order valence-electron chi connectivity index (χ4n) is 3.67. The largest absolute Gasteiger partial charge is 0.343 e. The quantitative estimate of drug-likeness (QED) is 0.873. The van der Waals surface area contributed by atoms with E-state index in [0.717, 1.165) is 50.8 Å². The minimum Gasteiger partial charge on any atom is -0.343 e. The van der Waals surface area contributed by atoms with Gasteiger partial charge in [0.25, 0.3) is 0 Å². The Labute approximate surface area is 150 Å². The third kappa shape index (κ3) is 4.61. The summed E-state index contributed by atoms with van der Waals surface area (Å²) in [6.45, 7) is 3.94. The van der Waals surface area contributed by atoms with E-state index in [1.807, 2.05) is 11.0 Å². The average molecular weight is 365 g/mol. The Bertz CT molecular complexity index is 722. The molecule has 1 aromatic rings. The van der Waals surface area contributed by atoms with Gasteiger partial charge in [0.2, 0.25) is 15.9 Å². The third-order valence-electron chi connectivity index (χ3n) is 5.40. The number of nitrogens with zero attached hydrogens (tertiary/aromatic N) is 1. The molecule has 25 heavy (non-hydrogen) atoms. The maximum Gasteiger partial charge on any atom is 0.240 e. The molecule has 0 spiro atoms. The lowest BCUT2D eigenvalue weighted by molar-refractivity contribution is -0.132. The summed E-state index contributed by atoms with van der Waals surface area (Å²) < 4.78 is 27.6. The first kappa shape index (κ1) is 18.4. The monoisotopic (exact) mass is 364 g/mol. The van der Waals surface area contributed by atoms with E-state index >= 15 is 0 Å². The van der Waals surface area contributed by atoms with Gasteiger partial charge in [0.1, 0.15) is 0 Å². The van der Waals surface area contributed by atoms with Gasteiger partial charge in [0, 0.05) is 26.1 Å². The fourth-order valence-corrected chi connectivity index (χ4v) is 4.75. The first-order valence-electron chi connectivity index (χ1n) is 9.35. The van der Waals surface area contributed by atoms with Gasteiger partial charge in [-0.15, -0.1) is 0 Å². The molecule has 1 aromatic carbocycles. The Kier molecular flexibility index (Phi) is 5.79. The van der Waals surface area contributed by atoms with E-state index in [1.54, 1.807) is 12.1 Å². The van der Waals surface area contributed by atoms with Crippen molar-refractivity contribution in [3.63, 3.8) is 0 Å². The summed E-state index contributed by atoms with van der Waals surface area (Å²) in [5.74, 6) is 0.714. The molecular weight excluding hydrogens is 336 g/mol. The number of piperidine rings is 1. The molecule has 1 aliphatic carbocycles. The summed E-state index contributed by atoms with van der Waals surface area (Å²) in [5.41, 5.74) is 2.41. The van der Waals surface area contributed by atoms with Crippen molar-refractivity contribution >= 4 is 15.9 Å². The topological polar surface area (TPSA) is 66.5 Å². The van der Waals surface area contributed by atoms with Gasteiger partial charge in [-0.2, -0.15) is 0 Å². The highest BCUT2D eigenvalue weighted by Crippen LogP contribution is 2.24. The highest BCUT2D eigenvalue weighted by molar-refractivity contribution is 7.89. The molecule has 138 valence electrons. The van der Waals surface area contributed by atoms with E-state index in [4.69, 9.17) is 0 Å². The van der Waals surface area contributed by atoms with Crippen molar-refractivity contribution in [2.75, 3.05) is 19.6 Å². The van der Waals surface area contributed by atoms with Crippen molar-refractivity contribution in [2.45, 2.75) is 56.8 Å². The Balaban J connectivity index is 1.54. The maximum absolute atomic E-state index is 12.5. The first-order chi connectivity index (χ1) is 12.0. The highest BCUT2D eigenvalue weighted by atomic mass is 32.2. The van der Waals surface area contributed by atoms with Gasteiger partial charge in [-0.3, -0.25) is 4.79 Å². The second-order valence-corrected chi connectivity index (χ2v) is 9.12. The van der Waals surface area contributed by atoms with Crippen LogP contribution in [0.1, 0.15) is 50.2 Å². The molecule has 0 unspecified atom stereocenters. The minimum atomic E-state index is -3.55. The number of rotatable bonds is 5. The number of benzene rings is 1. The van der Waals surface area contributed by atoms with Crippen molar-refractivity contribution in [1.82, 2.24) is 9.62 Å². The second kappa shape index (κ2) is 7.87. The standard InChI is InChI=1S/C19H28N2O3S/c1-15-9-12-21(13-10-15)19(22)8-11-20-25(23,24)18-7-6-16-4-2-3-5-17(16)14-18/h6-7,14-15,20H,2-5,8-13H2,1H3. The number of aryl methyl sites for hydroxylation is 2. The highest BCUT2D eigenvalue weighted by Gasteiger charge is 2.21. The van der Waals surface area contributed by atoms with E-state index < -0.39 is 10.0 Å². The molecule has 2 aliphatic rings. The van der Waals surface area contributed by atoms with E-state index in [-0.39, 0.29) is 18.9 Å². The van der Waals surface area contributed by atoms with Crippen molar-refractivity contribution in [2.24, 2.45) is 5.92 Å². The molecule has 6 heteroatoms. The normalized spacial score (nSPS) is 18.8. The molecule has 0 bridgehead atoms. The number of amides is 1. The molecule has 0 aromatic heterocycles. The van der Waals surface area contributed by atoms with Crippen LogP contribution in [0, 0.1) is 5.92 Å². The summed E-state index contributed by atoms with van der Waals surface area (Å²) >= 11 is 0. The van der Waals surface area contributed by atoms with Crippen molar-refractivity contribution in [1.29, 1.82) is 0 Å². The summed E-state index contributed by atoms with van der Waals surface area (Å²) in [7, 11) is -3.55. The van der Waals surface area contributed by atoms with Crippen LogP contribution in [0.4, 0.5) is 0 Å². The number of hydrogen-bond donors (Lipinski definition) is 1. The lowest BCUT2D eigenvalue weighted by atomic mass is 9.92. The van der Waals surface area contributed by atoms with Crippen LogP contribution in [0.25, 0.3) is 0 Å². The van der Waals surface area contributed by atoms with Crippen LogP contribution in [0.3, 0.4) is 0 Å². The molecule has 1 amide bonds. The Morgan fingerprint density at radius 3 is 2.56 bits per heavy atom. The van der Waals surface area contributed by atoms with Crippen LogP contribution in [0.5, 0.6) is 0 Å². The zero-order valence-electron chi connectivity index (χ0n) is 15.0. The predicted octanol–water partition coefficient (Wildman–Crippen LogP) is 2.49. The second-order valence-electron chi connectivity index (χ2n) is 7.35. The van der Waals surface area contributed by atoms with E-state index in [0.29, 0.717) is 10.8 Å². The fraction of sp³-hybridized carbons (Fsp3) is 0.632. The number of fused-ring (bicyclic) bond motifs is 1. The van der Waals surface area contributed by atoms with Crippen molar-refractivity contribution < 1.29 is 13.2 Å². The molecule has 5 nitrogen and oxygen atoms in total. The van der Waals surface area contributed by atoms with Crippen LogP contribution in [0.2, 0.25) is 0 Å². The van der Waals surface area contributed by atoms with Crippen LogP contribution < -0.4 is 4.72 Å². The van der Waals surface area contributed by atoms with Gasteiger partial charge in [-0.05, 0) is 67.7 Å². The molecule has 0 radical (unpaired) electrons. The average Bonchev–Trinajstić information content (AvgIpc) is 2.61. The molecule has 1 saturated heterocycles. The molecule has 3 rings (SSSR count). The van der Waals surface area contributed by atoms with Crippen molar-refractivity contribution in [3.8, 4) is 0 Å². The number of sulfonamides is 1. The lowest BCUT2D eigenvalue weighted by Gasteiger charge is -2.30. The number of carbonyl (C=O) groups excluding carboxylic acids is 1. The van der Waals surface area contributed by atoms with Gasteiger partial charge < -0.3 is 4.90 Å². The Morgan fingerprint density at radius 2 is 1.84 bits per heavy atom. The van der Waals surface area contributed by atoms with E-state index in [9.17, 15) is 13.2 Å². The van der Waals surface area contributed by atoms with Crippen LogP contribution in [0.15, 0.2) is 23.1 Å². The zero-order chi connectivity index (χ0) is 17.9. The SMILES string of the molecule is CC1CCN(C(=O)CCNS(=O)(=O)c2ccc3c(c2)CCCC3)CC1.